The van der Waals surface area contributed by atoms with Crippen LogP contribution in [0.15, 0.2) is 42.5 Å². The van der Waals surface area contributed by atoms with E-state index >= 15 is 0 Å². The SMILES string of the molecule is CCCc1nc2c(N)nc3cc(OCc4cccc(N)c4)ccc3c2n1CC(C)C. The molecule has 4 rings (SSSR count). The van der Waals surface area contributed by atoms with E-state index in [2.05, 4.69) is 36.4 Å². The largest absolute Gasteiger partial charge is 0.489 e. The fourth-order valence-electron chi connectivity index (χ4n) is 3.85. The van der Waals surface area contributed by atoms with Gasteiger partial charge in [-0.3, -0.25) is 0 Å². The van der Waals surface area contributed by atoms with E-state index in [0.717, 1.165) is 64.1 Å². The van der Waals surface area contributed by atoms with E-state index in [4.69, 9.17) is 21.2 Å². The molecule has 0 bridgehead atoms. The number of nitrogen functional groups attached to an aromatic ring is 2. The maximum Gasteiger partial charge on any atom is 0.152 e. The van der Waals surface area contributed by atoms with Crippen LogP contribution in [-0.2, 0) is 19.6 Å². The smallest absolute Gasteiger partial charge is 0.152 e. The topological polar surface area (TPSA) is 92.0 Å². The lowest BCUT2D eigenvalue weighted by molar-refractivity contribution is 0.306. The van der Waals surface area contributed by atoms with Crippen molar-refractivity contribution in [3.8, 4) is 5.75 Å². The maximum absolute atomic E-state index is 6.32. The summed E-state index contributed by atoms with van der Waals surface area (Å²) in [5.41, 5.74) is 16.6. The number of hydrogen-bond acceptors (Lipinski definition) is 5. The van der Waals surface area contributed by atoms with Gasteiger partial charge in [-0.05, 0) is 42.2 Å². The molecule has 4 aromatic rings. The minimum atomic E-state index is 0.445. The first-order valence-corrected chi connectivity index (χ1v) is 10.5. The number of hydrogen-bond donors (Lipinski definition) is 2. The molecule has 0 amide bonds. The van der Waals surface area contributed by atoms with Gasteiger partial charge >= 0.3 is 0 Å². The Morgan fingerprint density at radius 3 is 2.63 bits per heavy atom. The molecule has 156 valence electrons. The highest BCUT2D eigenvalue weighted by atomic mass is 16.5. The average Bonchev–Trinajstić information content (AvgIpc) is 3.05. The molecule has 2 aromatic carbocycles. The van der Waals surface area contributed by atoms with Gasteiger partial charge in [0.15, 0.2) is 5.82 Å². The van der Waals surface area contributed by atoms with Crippen molar-refractivity contribution in [2.24, 2.45) is 5.92 Å². The molecule has 0 radical (unpaired) electrons. The van der Waals surface area contributed by atoms with E-state index in [1.807, 2.05) is 36.4 Å². The van der Waals surface area contributed by atoms with E-state index in [1.54, 1.807) is 0 Å². The molecule has 6 heteroatoms. The molecular weight excluding hydrogens is 374 g/mol. The molecule has 0 saturated carbocycles. The van der Waals surface area contributed by atoms with Crippen LogP contribution in [0, 0.1) is 5.92 Å². The highest BCUT2D eigenvalue weighted by Crippen LogP contribution is 2.32. The molecule has 2 aromatic heterocycles. The lowest BCUT2D eigenvalue weighted by Gasteiger charge is -2.13. The molecule has 0 aliphatic rings. The van der Waals surface area contributed by atoms with Gasteiger partial charge in [0, 0.05) is 30.1 Å². The van der Waals surface area contributed by atoms with Gasteiger partial charge in [-0.15, -0.1) is 0 Å². The summed E-state index contributed by atoms with van der Waals surface area (Å²) in [5, 5.41) is 1.05. The standard InChI is InChI=1S/C24H29N5O/c1-4-6-21-28-22-23(29(21)13-15(2)3)19-10-9-18(12-20(19)27-24(22)26)30-14-16-7-5-8-17(25)11-16/h5,7-12,15H,4,6,13-14,25H2,1-3H3,(H2,26,27). The van der Waals surface area contributed by atoms with Gasteiger partial charge in [-0.1, -0.05) is 32.9 Å². The third kappa shape index (κ3) is 3.90. The monoisotopic (exact) mass is 403 g/mol. The number of aryl methyl sites for hydroxylation is 1. The minimum Gasteiger partial charge on any atom is -0.489 e. The van der Waals surface area contributed by atoms with E-state index < -0.39 is 0 Å². The number of pyridine rings is 1. The summed E-state index contributed by atoms with van der Waals surface area (Å²) in [6.07, 6.45) is 1.96. The van der Waals surface area contributed by atoms with E-state index in [-0.39, 0.29) is 0 Å². The van der Waals surface area contributed by atoms with Crippen molar-refractivity contribution in [2.45, 2.75) is 46.8 Å². The van der Waals surface area contributed by atoms with E-state index in [1.165, 1.54) is 0 Å². The molecule has 30 heavy (non-hydrogen) atoms. The van der Waals surface area contributed by atoms with Crippen LogP contribution in [0.25, 0.3) is 21.9 Å². The Labute approximate surface area is 176 Å². The van der Waals surface area contributed by atoms with Crippen LogP contribution in [0.4, 0.5) is 11.5 Å². The number of ether oxygens (including phenoxy) is 1. The predicted molar refractivity (Wildman–Crippen MR) is 123 cm³/mol. The Morgan fingerprint density at radius 2 is 1.90 bits per heavy atom. The number of anilines is 2. The number of aromatic nitrogens is 3. The van der Waals surface area contributed by atoms with Crippen molar-refractivity contribution in [1.29, 1.82) is 0 Å². The lowest BCUT2D eigenvalue weighted by Crippen LogP contribution is -2.09. The zero-order valence-corrected chi connectivity index (χ0v) is 17.9. The van der Waals surface area contributed by atoms with Gasteiger partial charge in [-0.25, -0.2) is 9.97 Å². The summed E-state index contributed by atoms with van der Waals surface area (Å²) in [4.78, 5) is 9.47. The zero-order chi connectivity index (χ0) is 21.3. The molecule has 0 aliphatic heterocycles. The molecule has 0 aliphatic carbocycles. The summed E-state index contributed by atoms with van der Waals surface area (Å²) >= 11 is 0. The fraction of sp³-hybridized carbons (Fsp3) is 0.333. The number of benzene rings is 2. The average molecular weight is 404 g/mol. The Hall–Kier alpha value is -3.28. The van der Waals surface area contributed by atoms with E-state index in [9.17, 15) is 0 Å². The fourth-order valence-corrected chi connectivity index (χ4v) is 3.85. The summed E-state index contributed by atoms with van der Waals surface area (Å²) in [7, 11) is 0. The highest BCUT2D eigenvalue weighted by molar-refractivity contribution is 6.06. The Morgan fingerprint density at radius 1 is 1.07 bits per heavy atom. The maximum atomic E-state index is 6.32. The summed E-state index contributed by atoms with van der Waals surface area (Å²) in [5.74, 6) is 2.79. The van der Waals surface area contributed by atoms with Gasteiger partial charge in [0.1, 0.15) is 23.7 Å². The Balaban J connectivity index is 1.76. The van der Waals surface area contributed by atoms with Crippen LogP contribution in [0.1, 0.15) is 38.6 Å². The van der Waals surface area contributed by atoms with Crippen molar-refractivity contribution in [3.05, 3.63) is 53.9 Å². The minimum absolute atomic E-state index is 0.445. The molecule has 0 fully saturated rings. The van der Waals surface area contributed by atoms with Crippen molar-refractivity contribution in [2.75, 3.05) is 11.5 Å². The van der Waals surface area contributed by atoms with Crippen molar-refractivity contribution in [3.63, 3.8) is 0 Å². The molecule has 0 unspecified atom stereocenters. The second kappa shape index (κ2) is 8.22. The van der Waals surface area contributed by atoms with Gasteiger partial charge in [0.2, 0.25) is 0 Å². The predicted octanol–water partition coefficient (Wildman–Crippen LogP) is 4.94. The molecule has 6 nitrogen and oxygen atoms in total. The van der Waals surface area contributed by atoms with Crippen LogP contribution in [-0.4, -0.2) is 14.5 Å². The summed E-state index contributed by atoms with van der Waals surface area (Å²) in [6.45, 7) is 7.95. The first-order chi connectivity index (χ1) is 14.5. The Bertz CT molecular complexity index is 1200. The molecule has 0 spiro atoms. The third-order valence-corrected chi connectivity index (χ3v) is 5.13. The third-order valence-electron chi connectivity index (χ3n) is 5.13. The van der Waals surface area contributed by atoms with Crippen LogP contribution in [0.5, 0.6) is 5.75 Å². The number of rotatable bonds is 7. The van der Waals surface area contributed by atoms with Gasteiger partial charge in [0.25, 0.3) is 0 Å². The normalized spacial score (nSPS) is 11.6. The molecule has 0 saturated heterocycles. The second-order valence-corrected chi connectivity index (χ2v) is 8.19. The number of imidazole rings is 1. The highest BCUT2D eigenvalue weighted by Gasteiger charge is 2.18. The van der Waals surface area contributed by atoms with Crippen LogP contribution >= 0.6 is 0 Å². The molecule has 0 atom stereocenters. The number of fused-ring (bicyclic) bond motifs is 3. The van der Waals surface area contributed by atoms with Gasteiger partial charge in [0.05, 0.1) is 11.0 Å². The van der Waals surface area contributed by atoms with Gasteiger partial charge in [-0.2, -0.15) is 0 Å². The van der Waals surface area contributed by atoms with Crippen molar-refractivity contribution >= 4 is 33.4 Å². The first kappa shape index (κ1) is 20.0. The van der Waals surface area contributed by atoms with Crippen LogP contribution < -0.4 is 16.2 Å². The number of nitrogens with zero attached hydrogens (tertiary/aromatic N) is 3. The van der Waals surface area contributed by atoms with E-state index in [0.29, 0.717) is 18.3 Å². The van der Waals surface area contributed by atoms with Crippen LogP contribution in [0.2, 0.25) is 0 Å². The Kier molecular flexibility index (Phi) is 5.48. The molecular formula is C24H29N5O. The van der Waals surface area contributed by atoms with Gasteiger partial charge < -0.3 is 20.8 Å². The molecule has 2 heterocycles. The lowest BCUT2D eigenvalue weighted by atomic mass is 10.1. The summed E-state index contributed by atoms with van der Waals surface area (Å²) < 4.78 is 8.30. The first-order valence-electron chi connectivity index (χ1n) is 10.5. The van der Waals surface area contributed by atoms with Crippen molar-refractivity contribution < 1.29 is 4.74 Å². The second-order valence-electron chi connectivity index (χ2n) is 8.19. The zero-order valence-electron chi connectivity index (χ0n) is 17.9. The van der Waals surface area contributed by atoms with Crippen molar-refractivity contribution in [1.82, 2.24) is 14.5 Å². The van der Waals surface area contributed by atoms with Crippen LogP contribution in [0.3, 0.4) is 0 Å². The quantitative estimate of drug-likeness (QED) is 0.427. The molecule has 4 N–H and O–H groups in total. The number of nitrogens with two attached hydrogens (primary N) is 2. The summed E-state index contributed by atoms with van der Waals surface area (Å²) in [6, 6.07) is 13.7.